The number of rotatable bonds is 1. The van der Waals surface area contributed by atoms with E-state index in [0.717, 1.165) is 17.6 Å². The van der Waals surface area contributed by atoms with Gasteiger partial charge in [-0.3, -0.25) is 0 Å². The van der Waals surface area contributed by atoms with Crippen molar-refractivity contribution in [1.29, 1.82) is 0 Å². The molecular weight excluding hydrogens is 340 g/mol. The summed E-state index contributed by atoms with van der Waals surface area (Å²) in [7, 11) is 0. The van der Waals surface area contributed by atoms with Gasteiger partial charge in [0.15, 0.2) is 0 Å². The summed E-state index contributed by atoms with van der Waals surface area (Å²) >= 11 is 0. The van der Waals surface area contributed by atoms with Crippen molar-refractivity contribution in [2.45, 2.75) is 20.3 Å². The van der Waals surface area contributed by atoms with Gasteiger partial charge in [-0.1, -0.05) is 59.7 Å². The van der Waals surface area contributed by atoms with Crippen LogP contribution in [-0.4, -0.2) is 0 Å². The lowest BCUT2D eigenvalue weighted by Gasteiger charge is -2.06. The lowest BCUT2D eigenvalue weighted by Crippen LogP contribution is -1.84. The SMILES string of the molecule is Cc1ccc2c(c1)Cc1cc(-c3ccc4oc5ccc(C)cc5c4c3)ccc1-2. The lowest BCUT2D eigenvalue weighted by atomic mass is 9.98. The fraction of sp³-hybridized carbons (Fsp3) is 0.111. The number of hydrogen-bond acceptors (Lipinski definition) is 1. The zero-order chi connectivity index (χ0) is 18.8. The van der Waals surface area contributed by atoms with Crippen LogP contribution in [0.1, 0.15) is 22.3 Å². The maximum atomic E-state index is 6.03. The summed E-state index contributed by atoms with van der Waals surface area (Å²) in [5, 5.41) is 2.39. The lowest BCUT2D eigenvalue weighted by molar-refractivity contribution is 0.669. The van der Waals surface area contributed by atoms with E-state index in [1.807, 2.05) is 0 Å². The second-order valence-electron chi connectivity index (χ2n) is 8.02. The first kappa shape index (κ1) is 15.7. The molecule has 6 rings (SSSR count). The van der Waals surface area contributed by atoms with Crippen molar-refractivity contribution in [2.24, 2.45) is 0 Å². The maximum Gasteiger partial charge on any atom is 0.135 e. The molecular formula is C27H20O. The second kappa shape index (κ2) is 5.59. The zero-order valence-electron chi connectivity index (χ0n) is 16.0. The van der Waals surface area contributed by atoms with Gasteiger partial charge in [0, 0.05) is 10.8 Å². The van der Waals surface area contributed by atoms with Crippen molar-refractivity contribution in [3.05, 3.63) is 95.1 Å². The summed E-state index contributed by atoms with van der Waals surface area (Å²) in [6.45, 7) is 4.29. The predicted octanol–water partition coefficient (Wildman–Crippen LogP) is 7.44. The van der Waals surface area contributed by atoms with Crippen LogP contribution in [-0.2, 0) is 6.42 Å². The van der Waals surface area contributed by atoms with E-state index in [1.165, 1.54) is 55.3 Å². The van der Waals surface area contributed by atoms with Gasteiger partial charge >= 0.3 is 0 Å². The van der Waals surface area contributed by atoms with Gasteiger partial charge in [-0.15, -0.1) is 0 Å². The number of furan rings is 1. The smallest absolute Gasteiger partial charge is 0.135 e. The van der Waals surface area contributed by atoms with Crippen molar-refractivity contribution < 1.29 is 4.42 Å². The molecule has 134 valence electrons. The van der Waals surface area contributed by atoms with Crippen LogP contribution in [0, 0.1) is 13.8 Å². The fourth-order valence-electron chi connectivity index (χ4n) is 4.59. The molecule has 28 heavy (non-hydrogen) atoms. The Morgan fingerprint density at radius 3 is 2.00 bits per heavy atom. The highest BCUT2D eigenvalue weighted by molar-refractivity contribution is 6.06. The van der Waals surface area contributed by atoms with Crippen LogP contribution in [0.2, 0.25) is 0 Å². The Morgan fingerprint density at radius 2 is 1.14 bits per heavy atom. The highest BCUT2D eigenvalue weighted by atomic mass is 16.3. The average Bonchev–Trinajstić information content (AvgIpc) is 3.23. The van der Waals surface area contributed by atoms with Gasteiger partial charge in [-0.05, 0) is 77.9 Å². The summed E-state index contributed by atoms with van der Waals surface area (Å²) in [4.78, 5) is 0. The molecule has 1 aliphatic carbocycles. The minimum Gasteiger partial charge on any atom is -0.456 e. The summed E-state index contributed by atoms with van der Waals surface area (Å²) in [5.41, 5.74) is 12.6. The number of fused-ring (bicyclic) bond motifs is 6. The van der Waals surface area contributed by atoms with Gasteiger partial charge in [0.25, 0.3) is 0 Å². The van der Waals surface area contributed by atoms with E-state index in [1.54, 1.807) is 0 Å². The molecule has 0 bridgehead atoms. The molecule has 0 saturated carbocycles. The van der Waals surface area contributed by atoms with Crippen LogP contribution in [0.5, 0.6) is 0 Å². The van der Waals surface area contributed by atoms with E-state index < -0.39 is 0 Å². The Balaban J connectivity index is 1.49. The first-order valence-corrected chi connectivity index (χ1v) is 9.82. The Bertz CT molecular complexity index is 1400. The quantitative estimate of drug-likeness (QED) is 0.297. The number of benzene rings is 4. The third-order valence-corrected chi connectivity index (χ3v) is 6.00. The molecule has 0 spiro atoms. The van der Waals surface area contributed by atoms with Gasteiger partial charge in [-0.25, -0.2) is 0 Å². The van der Waals surface area contributed by atoms with Crippen molar-refractivity contribution in [2.75, 3.05) is 0 Å². The van der Waals surface area contributed by atoms with E-state index in [4.69, 9.17) is 4.42 Å². The standard InChI is InChI=1S/C27H20O/c1-16-3-7-22-20(11-16)14-21-13-18(5-8-23(21)22)19-6-10-27-25(15-19)24-12-17(2)4-9-26(24)28-27/h3-13,15H,14H2,1-2H3. The highest BCUT2D eigenvalue weighted by Gasteiger charge is 2.19. The Kier molecular flexibility index (Phi) is 3.14. The minimum atomic E-state index is 0.952. The van der Waals surface area contributed by atoms with Crippen LogP contribution >= 0.6 is 0 Å². The van der Waals surface area contributed by atoms with Crippen LogP contribution in [0.25, 0.3) is 44.2 Å². The van der Waals surface area contributed by atoms with Gasteiger partial charge in [0.2, 0.25) is 0 Å². The van der Waals surface area contributed by atoms with Crippen LogP contribution in [0.3, 0.4) is 0 Å². The predicted molar refractivity (Wildman–Crippen MR) is 117 cm³/mol. The van der Waals surface area contributed by atoms with Gasteiger partial charge in [0.1, 0.15) is 11.2 Å². The van der Waals surface area contributed by atoms with Crippen molar-refractivity contribution in [3.63, 3.8) is 0 Å². The van der Waals surface area contributed by atoms with E-state index in [-0.39, 0.29) is 0 Å². The fourth-order valence-corrected chi connectivity index (χ4v) is 4.59. The van der Waals surface area contributed by atoms with E-state index >= 15 is 0 Å². The highest BCUT2D eigenvalue weighted by Crippen LogP contribution is 2.40. The van der Waals surface area contributed by atoms with Crippen molar-refractivity contribution in [3.8, 4) is 22.3 Å². The van der Waals surface area contributed by atoms with E-state index in [0.29, 0.717) is 0 Å². The molecule has 0 aliphatic heterocycles. The third kappa shape index (κ3) is 2.26. The average molecular weight is 360 g/mol. The molecule has 0 unspecified atom stereocenters. The monoisotopic (exact) mass is 360 g/mol. The van der Waals surface area contributed by atoms with Gasteiger partial charge in [-0.2, -0.15) is 0 Å². The molecule has 0 atom stereocenters. The Morgan fingerprint density at radius 1 is 0.571 bits per heavy atom. The van der Waals surface area contributed by atoms with Crippen LogP contribution in [0.15, 0.2) is 77.2 Å². The summed E-state index contributed by atoms with van der Waals surface area (Å²) in [5.74, 6) is 0. The molecule has 4 aromatic carbocycles. The second-order valence-corrected chi connectivity index (χ2v) is 8.02. The molecule has 0 amide bonds. The number of hydrogen-bond donors (Lipinski definition) is 0. The first-order valence-electron chi connectivity index (χ1n) is 9.82. The molecule has 0 fully saturated rings. The summed E-state index contributed by atoms with van der Waals surface area (Å²) in [6.07, 6.45) is 1.02. The molecule has 5 aromatic rings. The summed E-state index contributed by atoms with van der Waals surface area (Å²) in [6, 6.07) is 26.6. The van der Waals surface area contributed by atoms with Gasteiger partial charge < -0.3 is 4.42 Å². The first-order chi connectivity index (χ1) is 13.7. The summed E-state index contributed by atoms with van der Waals surface area (Å²) < 4.78 is 6.03. The van der Waals surface area contributed by atoms with Crippen molar-refractivity contribution >= 4 is 21.9 Å². The molecule has 1 heterocycles. The minimum absolute atomic E-state index is 0.952. The van der Waals surface area contributed by atoms with Crippen molar-refractivity contribution in [1.82, 2.24) is 0 Å². The number of aryl methyl sites for hydroxylation is 2. The van der Waals surface area contributed by atoms with Gasteiger partial charge in [0.05, 0.1) is 0 Å². The molecule has 1 heteroatoms. The molecule has 1 aromatic heterocycles. The molecule has 1 aliphatic rings. The van der Waals surface area contributed by atoms with Crippen LogP contribution < -0.4 is 0 Å². The molecule has 0 N–H and O–H groups in total. The normalized spacial score (nSPS) is 12.5. The van der Waals surface area contributed by atoms with E-state index in [2.05, 4.69) is 86.6 Å². The molecule has 0 radical (unpaired) electrons. The molecule has 0 saturated heterocycles. The Labute approximate surface area is 164 Å². The third-order valence-electron chi connectivity index (χ3n) is 6.00. The maximum absolute atomic E-state index is 6.03. The molecule has 1 nitrogen and oxygen atoms in total. The zero-order valence-corrected chi connectivity index (χ0v) is 16.0. The largest absolute Gasteiger partial charge is 0.456 e. The Hall–Kier alpha value is -3.32. The van der Waals surface area contributed by atoms with Crippen LogP contribution in [0.4, 0.5) is 0 Å². The van der Waals surface area contributed by atoms with E-state index in [9.17, 15) is 0 Å². The topological polar surface area (TPSA) is 13.1 Å².